The van der Waals surface area contributed by atoms with Gasteiger partial charge in [-0.2, -0.15) is 0 Å². The summed E-state index contributed by atoms with van der Waals surface area (Å²) in [6.45, 7) is 8.35. The largest absolute Gasteiger partial charge is 0.378 e. The molecule has 2 aliphatic heterocycles. The Morgan fingerprint density at radius 2 is 2.03 bits per heavy atom. The Balaban J connectivity index is 1.87. The molecule has 4 heterocycles. The number of morpholine rings is 1. The number of aromatic nitrogens is 2. The average molecular weight is 445 g/mol. The highest BCUT2D eigenvalue weighted by Gasteiger charge is 2.35. The maximum absolute atomic E-state index is 13.4. The minimum atomic E-state index is -0.195. The van der Waals surface area contributed by atoms with E-state index >= 15 is 0 Å². The maximum Gasteiger partial charge on any atom is 0.267 e. The second kappa shape index (κ2) is 8.49. The number of aryl methyl sites for hydroxylation is 1. The summed E-state index contributed by atoms with van der Waals surface area (Å²) >= 11 is 6.68. The van der Waals surface area contributed by atoms with Crippen LogP contribution in [-0.4, -0.2) is 56.9 Å². The highest BCUT2D eigenvalue weighted by Crippen LogP contribution is 2.35. The molecule has 0 radical (unpaired) electrons. The van der Waals surface area contributed by atoms with Gasteiger partial charge in [-0.25, -0.2) is 4.98 Å². The molecule has 30 heavy (non-hydrogen) atoms. The number of ether oxygens (including phenoxy) is 1. The van der Waals surface area contributed by atoms with E-state index in [0.29, 0.717) is 52.6 Å². The highest BCUT2D eigenvalue weighted by molar-refractivity contribution is 8.26. The van der Waals surface area contributed by atoms with Crippen molar-refractivity contribution in [3.63, 3.8) is 0 Å². The van der Waals surface area contributed by atoms with Crippen LogP contribution in [0.15, 0.2) is 28.0 Å². The molecule has 0 spiro atoms. The van der Waals surface area contributed by atoms with Gasteiger partial charge < -0.3 is 9.64 Å². The molecule has 2 saturated heterocycles. The van der Waals surface area contributed by atoms with E-state index in [1.807, 2.05) is 37.8 Å². The van der Waals surface area contributed by atoms with E-state index < -0.39 is 0 Å². The monoisotopic (exact) mass is 444 g/mol. The molecule has 2 aliphatic rings. The molecule has 7 nitrogen and oxygen atoms in total. The normalized spacial score (nSPS) is 19.9. The number of thioether (sulfide) groups is 1. The Bertz CT molecular complexity index is 1110. The Morgan fingerprint density at radius 3 is 2.73 bits per heavy atom. The Kier molecular flexibility index (Phi) is 5.95. The Labute approximate surface area is 184 Å². The molecular formula is C21H24N4O3S2. The summed E-state index contributed by atoms with van der Waals surface area (Å²) in [6, 6.07) is 3.79. The van der Waals surface area contributed by atoms with Crippen LogP contribution in [0, 0.1) is 6.92 Å². The van der Waals surface area contributed by atoms with Crippen molar-refractivity contribution < 1.29 is 9.53 Å². The minimum Gasteiger partial charge on any atom is -0.378 e. The number of carbonyl (C=O) groups is 1. The first kappa shape index (κ1) is 21.0. The molecule has 2 aromatic heterocycles. The van der Waals surface area contributed by atoms with Gasteiger partial charge in [-0.3, -0.25) is 18.9 Å². The lowest BCUT2D eigenvalue weighted by molar-refractivity contribution is -0.123. The van der Waals surface area contributed by atoms with E-state index in [2.05, 4.69) is 0 Å². The van der Waals surface area contributed by atoms with Crippen LogP contribution in [0.4, 0.5) is 5.82 Å². The number of hydrogen-bond acceptors (Lipinski definition) is 7. The van der Waals surface area contributed by atoms with Gasteiger partial charge in [0.1, 0.15) is 15.8 Å². The van der Waals surface area contributed by atoms with Crippen molar-refractivity contribution in [3.05, 3.63) is 44.7 Å². The SMILES string of the molecule is CC[C@@H](C)N1C(=O)/C(=C/c2c(N3CCOCC3)nc3ccc(C)cn3c2=O)SC1=S. The van der Waals surface area contributed by atoms with E-state index in [9.17, 15) is 9.59 Å². The van der Waals surface area contributed by atoms with Gasteiger partial charge in [0, 0.05) is 25.3 Å². The number of thiocarbonyl (C=S) groups is 1. The lowest BCUT2D eigenvalue weighted by Crippen LogP contribution is -2.39. The first-order valence-corrected chi connectivity index (χ1v) is 11.3. The van der Waals surface area contributed by atoms with E-state index in [-0.39, 0.29) is 17.5 Å². The van der Waals surface area contributed by atoms with E-state index in [4.69, 9.17) is 21.9 Å². The van der Waals surface area contributed by atoms with Crippen molar-refractivity contribution in [3.8, 4) is 0 Å². The third-order valence-electron chi connectivity index (χ3n) is 5.43. The molecule has 4 rings (SSSR count). The Hall–Kier alpha value is -2.23. The zero-order valence-corrected chi connectivity index (χ0v) is 18.9. The first-order valence-electron chi connectivity index (χ1n) is 10.0. The zero-order chi connectivity index (χ0) is 21.4. The molecule has 1 atom stereocenters. The van der Waals surface area contributed by atoms with Gasteiger partial charge in [0.05, 0.1) is 23.7 Å². The summed E-state index contributed by atoms with van der Waals surface area (Å²) in [5, 5.41) is 0. The van der Waals surface area contributed by atoms with Crippen LogP contribution in [0.25, 0.3) is 11.7 Å². The second-order valence-corrected chi connectivity index (χ2v) is 9.17. The lowest BCUT2D eigenvalue weighted by Gasteiger charge is -2.29. The number of anilines is 1. The van der Waals surface area contributed by atoms with Gasteiger partial charge in [0.25, 0.3) is 11.5 Å². The maximum atomic E-state index is 13.4. The molecule has 158 valence electrons. The molecule has 0 bridgehead atoms. The number of nitrogens with zero attached hydrogens (tertiary/aromatic N) is 4. The smallest absolute Gasteiger partial charge is 0.267 e. The quantitative estimate of drug-likeness (QED) is 0.531. The van der Waals surface area contributed by atoms with Crippen LogP contribution < -0.4 is 10.5 Å². The van der Waals surface area contributed by atoms with Crippen LogP contribution in [0.5, 0.6) is 0 Å². The third-order valence-corrected chi connectivity index (χ3v) is 6.76. The highest BCUT2D eigenvalue weighted by atomic mass is 32.2. The number of pyridine rings is 1. The van der Waals surface area contributed by atoms with E-state index in [0.717, 1.165) is 12.0 Å². The van der Waals surface area contributed by atoms with Crippen molar-refractivity contribution >= 4 is 51.7 Å². The van der Waals surface area contributed by atoms with Crippen molar-refractivity contribution in [2.45, 2.75) is 33.2 Å². The molecule has 0 saturated carbocycles. The summed E-state index contributed by atoms with van der Waals surface area (Å²) in [5.41, 5.74) is 1.75. The number of carbonyl (C=O) groups excluding carboxylic acids is 1. The molecule has 0 unspecified atom stereocenters. The summed E-state index contributed by atoms with van der Waals surface area (Å²) < 4.78 is 7.53. The average Bonchev–Trinajstić information content (AvgIpc) is 3.03. The van der Waals surface area contributed by atoms with Crippen LogP contribution >= 0.6 is 24.0 Å². The molecule has 2 aromatic rings. The third kappa shape index (κ3) is 3.77. The van der Waals surface area contributed by atoms with Crippen LogP contribution in [-0.2, 0) is 9.53 Å². The fraction of sp³-hybridized carbons (Fsp3) is 0.429. The lowest BCUT2D eigenvalue weighted by atomic mass is 10.2. The minimum absolute atomic E-state index is 0.0144. The summed E-state index contributed by atoms with van der Waals surface area (Å²) in [4.78, 5) is 35.4. The molecular weight excluding hydrogens is 420 g/mol. The van der Waals surface area contributed by atoms with Crippen LogP contribution in [0.3, 0.4) is 0 Å². The number of hydrogen-bond donors (Lipinski definition) is 0. The number of amides is 1. The Morgan fingerprint density at radius 1 is 1.30 bits per heavy atom. The fourth-order valence-corrected chi connectivity index (χ4v) is 5.01. The van der Waals surface area contributed by atoms with E-state index in [1.165, 1.54) is 11.8 Å². The molecule has 0 N–H and O–H groups in total. The van der Waals surface area contributed by atoms with Crippen molar-refractivity contribution in [1.82, 2.24) is 14.3 Å². The van der Waals surface area contributed by atoms with Gasteiger partial charge >= 0.3 is 0 Å². The topological polar surface area (TPSA) is 67.2 Å². The molecule has 1 amide bonds. The number of rotatable bonds is 4. The zero-order valence-electron chi connectivity index (χ0n) is 17.3. The van der Waals surface area contributed by atoms with Gasteiger partial charge in [-0.05, 0) is 38.0 Å². The van der Waals surface area contributed by atoms with Gasteiger partial charge in [0.15, 0.2) is 0 Å². The second-order valence-electron chi connectivity index (χ2n) is 7.50. The number of fused-ring (bicyclic) bond motifs is 1. The van der Waals surface area contributed by atoms with Gasteiger partial charge in [0.2, 0.25) is 0 Å². The summed E-state index contributed by atoms with van der Waals surface area (Å²) in [7, 11) is 0. The van der Waals surface area contributed by atoms with Gasteiger partial charge in [-0.1, -0.05) is 37.0 Å². The summed E-state index contributed by atoms with van der Waals surface area (Å²) in [6.07, 6.45) is 4.24. The predicted octanol–water partition coefficient (Wildman–Crippen LogP) is 2.84. The fourth-order valence-electron chi connectivity index (χ4n) is 3.56. The van der Waals surface area contributed by atoms with Crippen molar-refractivity contribution in [1.29, 1.82) is 0 Å². The van der Waals surface area contributed by atoms with Crippen molar-refractivity contribution in [2.75, 3.05) is 31.2 Å². The molecule has 0 aromatic carbocycles. The van der Waals surface area contributed by atoms with E-state index in [1.54, 1.807) is 21.6 Å². The standard InChI is InChI=1S/C21H24N4O3S2/c1-4-14(3)25-20(27)16(30-21(25)29)11-15-18(23-7-9-28-10-8-23)22-17-6-5-13(2)12-24(17)19(15)26/h5-6,11-12,14H,4,7-10H2,1-3H3/b16-11-/t14-/m1/s1. The predicted molar refractivity (Wildman–Crippen MR) is 124 cm³/mol. The van der Waals surface area contributed by atoms with Crippen LogP contribution in [0.2, 0.25) is 0 Å². The van der Waals surface area contributed by atoms with Gasteiger partial charge in [-0.15, -0.1) is 0 Å². The molecule has 2 fully saturated rings. The molecule has 9 heteroatoms. The van der Waals surface area contributed by atoms with Crippen molar-refractivity contribution in [2.24, 2.45) is 0 Å². The summed E-state index contributed by atoms with van der Waals surface area (Å²) in [5.74, 6) is 0.432. The molecule has 0 aliphatic carbocycles. The first-order chi connectivity index (χ1) is 14.4. The van der Waals surface area contributed by atoms with Crippen LogP contribution in [0.1, 0.15) is 31.4 Å².